The summed E-state index contributed by atoms with van der Waals surface area (Å²) in [6, 6.07) is 15.8. The number of hydrogen-bond acceptors (Lipinski definition) is 5. The van der Waals surface area contributed by atoms with Crippen molar-refractivity contribution < 1.29 is 24.2 Å². The van der Waals surface area contributed by atoms with E-state index in [4.69, 9.17) is 31.0 Å². The Labute approximate surface area is 175 Å². The van der Waals surface area contributed by atoms with Crippen molar-refractivity contribution in [1.29, 1.82) is 0 Å². The predicted octanol–water partition coefficient (Wildman–Crippen LogP) is 4.29. The second kappa shape index (κ2) is 10.2. The molecule has 0 bridgehead atoms. The molecule has 2 atom stereocenters. The van der Waals surface area contributed by atoms with Crippen molar-refractivity contribution in [1.82, 2.24) is 5.48 Å². The zero-order valence-corrected chi connectivity index (χ0v) is 17.2. The average Bonchev–Trinajstić information content (AvgIpc) is 3.16. The number of unbranched alkanes of at least 4 members (excludes halogenated alkanes) is 1. The lowest BCUT2D eigenvalue weighted by Gasteiger charge is -2.29. The molecule has 0 radical (unpaired) electrons. The molecule has 2 aromatic rings. The van der Waals surface area contributed by atoms with E-state index in [1.807, 2.05) is 48.5 Å². The first-order valence-electron chi connectivity index (χ1n) is 9.66. The van der Waals surface area contributed by atoms with E-state index >= 15 is 0 Å². The first kappa shape index (κ1) is 21.7. The maximum Gasteiger partial charge on any atom is 0.243 e. The van der Waals surface area contributed by atoms with Crippen LogP contribution < -0.4 is 5.48 Å². The molecular formula is C22H26ClNO5. The number of carbonyl (C=O) groups excluding carboxylic acids is 1. The number of hydrogen-bond donors (Lipinski definition) is 2. The van der Waals surface area contributed by atoms with Crippen molar-refractivity contribution in [3.05, 3.63) is 59.1 Å². The largest absolute Gasteiger partial charge is 0.382 e. The zero-order valence-electron chi connectivity index (χ0n) is 16.4. The Morgan fingerprint density at radius 3 is 2.45 bits per heavy atom. The number of amides is 1. The minimum absolute atomic E-state index is 0.142. The van der Waals surface area contributed by atoms with Crippen LogP contribution in [-0.2, 0) is 24.8 Å². The van der Waals surface area contributed by atoms with Gasteiger partial charge in [0.05, 0.1) is 13.2 Å². The fourth-order valence-corrected chi connectivity index (χ4v) is 3.64. The van der Waals surface area contributed by atoms with E-state index < -0.39 is 11.7 Å². The van der Waals surface area contributed by atoms with E-state index in [1.54, 1.807) is 12.6 Å². The fraction of sp³-hybridized carbons (Fsp3) is 0.409. The van der Waals surface area contributed by atoms with Crippen LogP contribution in [0.15, 0.2) is 48.5 Å². The van der Waals surface area contributed by atoms with Crippen LogP contribution in [0.2, 0.25) is 5.02 Å². The van der Waals surface area contributed by atoms with Crippen LogP contribution >= 0.6 is 11.6 Å². The summed E-state index contributed by atoms with van der Waals surface area (Å²) in [6.45, 7) is 0.904. The Morgan fingerprint density at radius 1 is 1.17 bits per heavy atom. The first-order valence-corrected chi connectivity index (χ1v) is 10.0. The molecule has 29 heavy (non-hydrogen) atoms. The third-order valence-corrected chi connectivity index (χ3v) is 5.25. The van der Waals surface area contributed by atoms with Gasteiger partial charge in [-0.3, -0.25) is 10.0 Å². The maximum absolute atomic E-state index is 11.2. The summed E-state index contributed by atoms with van der Waals surface area (Å²) in [6.07, 6.45) is 2.05. The molecule has 1 saturated heterocycles. The number of ether oxygens (including phenoxy) is 3. The van der Waals surface area contributed by atoms with Gasteiger partial charge in [0, 0.05) is 30.5 Å². The molecule has 1 heterocycles. The minimum atomic E-state index is -0.864. The Kier molecular flexibility index (Phi) is 7.64. The summed E-state index contributed by atoms with van der Waals surface area (Å²) in [7, 11) is 1.64. The number of methoxy groups -OCH3 is 1. The lowest BCUT2D eigenvalue weighted by molar-refractivity contribution is -0.186. The average molecular weight is 420 g/mol. The standard InChI is InChI=1S/C22H26ClNO5/c1-27-14-20-15-28-22(29-20,13-3-2-4-21(25)24-26)18-9-5-16(6-10-18)17-7-11-19(23)12-8-17/h5-12,20,26H,2-4,13-15H2,1H3,(H,24,25). The molecular weight excluding hydrogens is 394 g/mol. The van der Waals surface area contributed by atoms with Gasteiger partial charge in [0.1, 0.15) is 6.10 Å². The molecule has 1 aliphatic heterocycles. The van der Waals surface area contributed by atoms with Gasteiger partial charge in [-0.05, 0) is 36.1 Å². The quantitative estimate of drug-likeness (QED) is 0.360. The van der Waals surface area contributed by atoms with Gasteiger partial charge < -0.3 is 14.2 Å². The normalized spacial score (nSPS) is 21.3. The highest BCUT2D eigenvalue weighted by molar-refractivity contribution is 6.30. The van der Waals surface area contributed by atoms with Gasteiger partial charge in [0.15, 0.2) is 5.79 Å². The van der Waals surface area contributed by atoms with Gasteiger partial charge in [-0.15, -0.1) is 0 Å². The topological polar surface area (TPSA) is 77.0 Å². The molecule has 1 amide bonds. The molecule has 1 fully saturated rings. The van der Waals surface area contributed by atoms with Crippen LogP contribution in [0.5, 0.6) is 0 Å². The van der Waals surface area contributed by atoms with Crippen LogP contribution in [0.3, 0.4) is 0 Å². The van der Waals surface area contributed by atoms with Crippen molar-refractivity contribution >= 4 is 17.5 Å². The lowest BCUT2D eigenvalue weighted by atomic mass is 9.96. The van der Waals surface area contributed by atoms with Crippen LogP contribution in [-0.4, -0.2) is 37.5 Å². The van der Waals surface area contributed by atoms with Crippen molar-refractivity contribution in [2.45, 2.75) is 37.6 Å². The number of benzene rings is 2. The monoisotopic (exact) mass is 419 g/mol. The van der Waals surface area contributed by atoms with Crippen molar-refractivity contribution in [2.75, 3.05) is 20.3 Å². The number of rotatable bonds is 9. The highest BCUT2D eigenvalue weighted by atomic mass is 35.5. The first-order chi connectivity index (χ1) is 14.1. The number of carbonyl (C=O) groups is 1. The van der Waals surface area contributed by atoms with Crippen LogP contribution in [0.1, 0.15) is 31.2 Å². The molecule has 0 spiro atoms. The van der Waals surface area contributed by atoms with E-state index in [1.165, 1.54) is 0 Å². The molecule has 2 aromatic carbocycles. The van der Waals surface area contributed by atoms with Crippen LogP contribution in [0, 0.1) is 0 Å². The molecule has 0 aliphatic carbocycles. The van der Waals surface area contributed by atoms with Gasteiger partial charge in [-0.1, -0.05) is 48.0 Å². The molecule has 1 aliphatic rings. The van der Waals surface area contributed by atoms with E-state index in [0.717, 1.165) is 16.7 Å². The van der Waals surface area contributed by atoms with Gasteiger partial charge in [-0.25, -0.2) is 5.48 Å². The van der Waals surface area contributed by atoms with Crippen molar-refractivity contribution in [2.24, 2.45) is 0 Å². The summed E-state index contributed by atoms with van der Waals surface area (Å²) in [4.78, 5) is 11.2. The molecule has 0 saturated carbocycles. The summed E-state index contributed by atoms with van der Waals surface area (Å²) in [5, 5.41) is 9.34. The second-order valence-electron chi connectivity index (χ2n) is 7.09. The van der Waals surface area contributed by atoms with Gasteiger partial charge >= 0.3 is 0 Å². The fourth-order valence-electron chi connectivity index (χ4n) is 3.52. The van der Waals surface area contributed by atoms with Gasteiger partial charge in [0.2, 0.25) is 5.91 Å². The third kappa shape index (κ3) is 5.56. The second-order valence-corrected chi connectivity index (χ2v) is 7.52. The van der Waals surface area contributed by atoms with Gasteiger partial charge in [-0.2, -0.15) is 0 Å². The van der Waals surface area contributed by atoms with Crippen molar-refractivity contribution in [3.63, 3.8) is 0 Å². The van der Waals surface area contributed by atoms with Crippen LogP contribution in [0.25, 0.3) is 11.1 Å². The Hall–Kier alpha value is -1.96. The van der Waals surface area contributed by atoms with Crippen LogP contribution in [0.4, 0.5) is 0 Å². The van der Waals surface area contributed by atoms with Crippen molar-refractivity contribution in [3.8, 4) is 11.1 Å². The summed E-state index contributed by atoms with van der Waals surface area (Å²) < 4.78 is 17.6. The van der Waals surface area contributed by atoms with E-state index in [0.29, 0.717) is 37.5 Å². The van der Waals surface area contributed by atoms with Gasteiger partial charge in [0.25, 0.3) is 0 Å². The molecule has 7 heteroatoms. The summed E-state index contributed by atoms with van der Waals surface area (Å²) in [5.41, 5.74) is 4.74. The number of halogens is 1. The maximum atomic E-state index is 11.2. The minimum Gasteiger partial charge on any atom is -0.382 e. The molecule has 3 rings (SSSR count). The SMILES string of the molecule is COCC1COC(CCCCC(=O)NO)(c2ccc(-c3ccc(Cl)cc3)cc2)O1. The van der Waals surface area contributed by atoms with E-state index in [-0.39, 0.29) is 12.5 Å². The lowest BCUT2D eigenvalue weighted by Crippen LogP contribution is -2.29. The van der Waals surface area contributed by atoms with E-state index in [9.17, 15) is 4.79 Å². The summed E-state index contributed by atoms with van der Waals surface area (Å²) in [5.74, 6) is -1.26. The third-order valence-electron chi connectivity index (χ3n) is 5.00. The zero-order chi connectivity index (χ0) is 20.7. The molecule has 2 N–H and O–H groups in total. The summed E-state index contributed by atoms with van der Waals surface area (Å²) >= 11 is 5.98. The molecule has 0 aromatic heterocycles. The Morgan fingerprint density at radius 2 is 1.83 bits per heavy atom. The molecule has 6 nitrogen and oxygen atoms in total. The highest BCUT2D eigenvalue weighted by Gasteiger charge is 2.42. The smallest absolute Gasteiger partial charge is 0.243 e. The van der Waals surface area contributed by atoms with E-state index in [2.05, 4.69) is 0 Å². The number of nitrogens with one attached hydrogen (secondary N) is 1. The Balaban J connectivity index is 1.74. The molecule has 156 valence electrons. The Bertz CT molecular complexity index is 796. The predicted molar refractivity (Wildman–Crippen MR) is 110 cm³/mol. The number of hydroxylamine groups is 1. The highest BCUT2D eigenvalue weighted by Crippen LogP contribution is 2.39. The molecule has 2 unspecified atom stereocenters.